The van der Waals surface area contributed by atoms with Crippen LogP contribution in [0, 0.1) is 0 Å². The van der Waals surface area contributed by atoms with Crippen LogP contribution in [0.3, 0.4) is 0 Å². The highest BCUT2D eigenvalue weighted by molar-refractivity contribution is 14.0. The lowest BCUT2D eigenvalue weighted by molar-refractivity contribution is 0.630. The average Bonchev–Trinajstić information content (AvgIpc) is 3.16. The van der Waals surface area contributed by atoms with Gasteiger partial charge in [0.2, 0.25) is 0 Å². The number of aromatic nitrogens is 3. The Morgan fingerprint density at radius 1 is 1.14 bits per heavy atom. The van der Waals surface area contributed by atoms with Gasteiger partial charge in [-0.25, -0.2) is 0 Å². The largest absolute Gasteiger partial charge is 0.356 e. The Labute approximate surface area is 190 Å². The van der Waals surface area contributed by atoms with Gasteiger partial charge < -0.3 is 15.2 Å². The van der Waals surface area contributed by atoms with Crippen molar-refractivity contribution in [3.63, 3.8) is 0 Å². The van der Waals surface area contributed by atoms with Crippen LogP contribution in [0.15, 0.2) is 41.7 Å². The van der Waals surface area contributed by atoms with Gasteiger partial charge in [-0.3, -0.25) is 4.99 Å². The lowest BCUT2D eigenvalue weighted by Crippen LogP contribution is -2.39. The van der Waals surface area contributed by atoms with E-state index in [0.717, 1.165) is 69.4 Å². The van der Waals surface area contributed by atoms with Gasteiger partial charge in [0.25, 0.3) is 0 Å². The van der Waals surface area contributed by atoms with E-state index in [1.54, 1.807) is 6.33 Å². The zero-order valence-corrected chi connectivity index (χ0v) is 20.1. The maximum atomic E-state index is 4.74. The first-order chi connectivity index (χ1) is 13.3. The van der Waals surface area contributed by atoms with E-state index in [4.69, 9.17) is 4.99 Å². The number of halogens is 1. The summed E-state index contributed by atoms with van der Waals surface area (Å²) in [6.45, 7) is 5.50. The third-order valence-corrected chi connectivity index (χ3v) is 4.91. The zero-order chi connectivity index (χ0) is 19.2. The molecule has 0 aliphatic heterocycles. The van der Waals surface area contributed by atoms with E-state index in [-0.39, 0.29) is 24.0 Å². The SMILES string of the molecule is CCc1nncn1CCNC(=NCCCc1ccccc1)NCCCSC.I. The van der Waals surface area contributed by atoms with Crippen molar-refractivity contribution in [2.45, 2.75) is 39.2 Å². The number of thioether (sulfide) groups is 1. The molecule has 1 aromatic heterocycles. The standard InChI is InChI=1S/C20H32N6S.HI/c1-3-19-25-24-17-26(19)15-14-23-20(22-13-8-16-27-2)21-12-7-11-18-9-5-4-6-10-18;/h4-6,9-10,17H,3,7-8,11-16H2,1-2H3,(H2,21,22,23);1H. The number of aryl methyl sites for hydroxylation is 2. The number of hydrogen-bond acceptors (Lipinski definition) is 4. The Hall–Kier alpha value is -1.29. The van der Waals surface area contributed by atoms with Crippen LogP contribution >= 0.6 is 35.7 Å². The van der Waals surface area contributed by atoms with E-state index in [2.05, 4.69) is 68.9 Å². The maximum Gasteiger partial charge on any atom is 0.191 e. The van der Waals surface area contributed by atoms with Crippen molar-refractivity contribution >= 4 is 41.7 Å². The molecule has 1 aromatic carbocycles. The van der Waals surface area contributed by atoms with E-state index in [0.29, 0.717) is 0 Å². The van der Waals surface area contributed by atoms with Crippen LogP contribution in [0.25, 0.3) is 0 Å². The minimum atomic E-state index is 0. The molecule has 0 amide bonds. The first kappa shape index (κ1) is 24.7. The first-order valence-corrected chi connectivity index (χ1v) is 11.1. The van der Waals surface area contributed by atoms with Crippen LogP contribution in [-0.4, -0.2) is 52.4 Å². The van der Waals surface area contributed by atoms with Crippen molar-refractivity contribution in [1.29, 1.82) is 0 Å². The lowest BCUT2D eigenvalue weighted by Gasteiger charge is -2.13. The fourth-order valence-corrected chi connectivity index (χ4v) is 3.18. The fraction of sp³-hybridized carbons (Fsp3) is 0.550. The highest BCUT2D eigenvalue weighted by atomic mass is 127. The number of rotatable bonds is 12. The van der Waals surface area contributed by atoms with Crippen LogP contribution in [0.4, 0.5) is 0 Å². The quantitative estimate of drug-likeness (QED) is 0.196. The predicted molar refractivity (Wildman–Crippen MR) is 131 cm³/mol. The van der Waals surface area contributed by atoms with Crippen molar-refractivity contribution < 1.29 is 0 Å². The summed E-state index contributed by atoms with van der Waals surface area (Å²) < 4.78 is 2.09. The van der Waals surface area contributed by atoms with Crippen molar-refractivity contribution in [1.82, 2.24) is 25.4 Å². The van der Waals surface area contributed by atoms with Crippen LogP contribution < -0.4 is 10.6 Å². The molecule has 0 saturated heterocycles. The number of benzene rings is 1. The van der Waals surface area contributed by atoms with Crippen LogP contribution in [0.2, 0.25) is 0 Å². The summed E-state index contributed by atoms with van der Waals surface area (Å²) in [7, 11) is 0. The highest BCUT2D eigenvalue weighted by Crippen LogP contribution is 2.02. The Balaban J connectivity index is 0.00000392. The molecule has 0 unspecified atom stereocenters. The van der Waals surface area contributed by atoms with Crippen LogP contribution in [0.5, 0.6) is 0 Å². The molecule has 0 radical (unpaired) electrons. The van der Waals surface area contributed by atoms with Gasteiger partial charge in [0.15, 0.2) is 5.96 Å². The molecule has 6 nitrogen and oxygen atoms in total. The van der Waals surface area contributed by atoms with Gasteiger partial charge in [0.1, 0.15) is 12.2 Å². The van der Waals surface area contributed by atoms with Crippen molar-refractivity contribution in [2.75, 3.05) is 31.6 Å². The molecule has 2 N–H and O–H groups in total. The average molecular weight is 516 g/mol. The van der Waals surface area contributed by atoms with Gasteiger partial charge in [-0.05, 0) is 36.8 Å². The number of aliphatic imine (C=N–C) groups is 1. The molecular weight excluding hydrogens is 483 g/mol. The zero-order valence-electron chi connectivity index (χ0n) is 16.9. The Bertz CT molecular complexity index is 662. The first-order valence-electron chi connectivity index (χ1n) is 9.75. The van der Waals surface area contributed by atoms with Gasteiger partial charge in [-0.15, -0.1) is 34.2 Å². The summed E-state index contributed by atoms with van der Waals surface area (Å²) in [5, 5.41) is 15.0. The summed E-state index contributed by atoms with van der Waals surface area (Å²) in [6.07, 6.45) is 8.08. The van der Waals surface area contributed by atoms with E-state index >= 15 is 0 Å². The van der Waals surface area contributed by atoms with Crippen LogP contribution in [-0.2, 0) is 19.4 Å². The number of hydrogen-bond donors (Lipinski definition) is 2. The molecule has 0 atom stereocenters. The second-order valence-corrected chi connectivity index (χ2v) is 7.30. The van der Waals surface area contributed by atoms with Gasteiger partial charge in [-0.2, -0.15) is 11.8 Å². The van der Waals surface area contributed by atoms with Gasteiger partial charge in [0, 0.05) is 32.6 Å². The Kier molecular flexibility index (Phi) is 13.8. The maximum absolute atomic E-state index is 4.74. The summed E-state index contributed by atoms with van der Waals surface area (Å²) in [6, 6.07) is 10.6. The third-order valence-electron chi connectivity index (χ3n) is 4.21. The normalized spacial score (nSPS) is 11.1. The predicted octanol–water partition coefficient (Wildman–Crippen LogP) is 3.38. The van der Waals surface area contributed by atoms with E-state index in [9.17, 15) is 0 Å². The molecule has 0 aliphatic rings. The molecule has 0 spiro atoms. The molecule has 0 saturated carbocycles. The van der Waals surface area contributed by atoms with Gasteiger partial charge in [-0.1, -0.05) is 37.3 Å². The number of nitrogens with one attached hydrogen (secondary N) is 2. The third kappa shape index (κ3) is 9.77. The lowest BCUT2D eigenvalue weighted by atomic mass is 10.1. The molecule has 28 heavy (non-hydrogen) atoms. The van der Waals surface area contributed by atoms with Crippen LogP contribution in [0.1, 0.15) is 31.2 Å². The highest BCUT2D eigenvalue weighted by Gasteiger charge is 2.03. The summed E-state index contributed by atoms with van der Waals surface area (Å²) in [5.74, 6) is 3.08. The topological polar surface area (TPSA) is 67.1 Å². The number of guanidine groups is 1. The van der Waals surface area contributed by atoms with Crippen molar-refractivity contribution in [3.05, 3.63) is 48.0 Å². The molecule has 0 bridgehead atoms. The molecule has 156 valence electrons. The molecule has 1 heterocycles. The Morgan fingerprint density at radius 2 is 1.93 bits per heavy atom. The fourth-order valence-electron chi connectivity index (χ4n) is 2.75. The van der Waals surface area contributed by atoms with Gasteiger partial charge in [0.05, 0.1) is 0 Å². The molecule has 8 heteroatoms. The van der Waals surface area contributed by atoms with E-state index in [1.165, 1.54) is 5.56 Å². The second kappa shape index (κ2) is 15.6. The molecule has 2 aromatic rings. The smallest absolute Gasteiger partial charge is 0.191 e. The minimum Gasteiger partial charge on any atom is -0.356 e. The summed E-state index contributed by atoms with van der Waals surface area (Å²) in [5.41, 5.74) is 1.37. The van der Waals surface area contributed by atoms with Crippen molar-refractivity contribution in [2.24, 2.45) is 4.99 Å². The molecular formula is C20H33IN6S. The summed E-state index contributed by atoms with van der Waals surface area (Å²) in [4.78, 5) is 4.74. The minimum absolute atomic E-state index is 0. The second-order valence-electron chi connectivity index (χ2n) is 6.31. The molecule has 0 aliphatic carbocycles. The van der Waals surface area contributed by atoms with E-state index in [1.807, 2.05) is 11.8 Å². The molecule has 0 fully saturated rings. The molecule has 2 rings (SSSR count). The van der Waals surface area contributed by atoms with E-state index < -0.39 is 0 Å². The summed E-state index contributed by atoms with van der Waals surface area (Å²) >= 11 is 1.88. The van der Waals surface area contributed by atoms with Gasteiger partial charge >= 0.3 is 0 Å². The Morgan fingerprint density at radius 3 is 2.68 bits per heavy atom. The monoisotopic (exact) mass is 516 g/mol. The number of nitrogens with zero attached hydrogens (tertiary/aromatic N) is 4. The van der Waals surface area contributed by atoms with Crippen molar-refractivity contribution in [3.8, 4) is 0 Å².